The van der Waals surface area contributed by atoms with E-state index >= 15 is 0 Å². The minimum absolute atomic E-state index is 0.541. The van der Waals surface area contributed by atoms with Gasteiger partial charge in [-0.05, 0) is 43.0 Å². The first-order chi connectivity index (χ1) is 13.6. The molecule has 4 aromatic rings. The highest BCUT2D eigenvalue weighted by Gasteiger charge is 2.39. The summed E-state index contributed by atoms with van der Waals surface area (Å²) >= 11 is 7.99. The monoisotopic (exact) mass is 406 g/mol. The van der Waals surface area contributed by atoms with Gasteiger partial charge in [-0.2, -0.15) is 5.26 Å². The lowest BCUT2D eigenvalue weighted by atomic mass is 9.81. The lowest BCUT2D eigenvalue weighted by molar-refractivity contribution is -0.0389. The predicted octanol–water partition coefficient (Wildman–Crippen LogP) is 5.25. The normalized spacial score (nSPS) is 15.3. The van der Waals surface area contributed by atoms with Crippen molar-refractivity contribution < 1.29 is 5.11 Å². The molecule has 138 valence electrons. The molecule has 0 atom stereocenters. The van der Waals surface area contributed by atoms with E-state index in [1.165, 1.54) is 11.3 Å². The molecule has 0 amide bonds. The van der Waals surface area contributed by atoms with Crippen LogP contribution in [0.25, 0.3) is 32.7 Å². The number of rotatable bonds is 3. The Bertz CT molecular complexity index is 1250. The topological polar surface area (TPSA) is 85.6 Å². The van der Waals surface area contributed by atoms with Crippen LogP contribution in [0.5, 0.6) is 0 Å². The molecule has 1 aromatic carbocycles. The zero-order valence-electron chi connectivity index (χ0n) is 14.7. The summed E-state index contributed by atoms with van der Waals surface area (Å²) in [5.41, 5.74) is 3.16. The molecule has 0 aliphatic heterocycles. The molecule has 5 rings (SSSR count). The molecule has 0 bridgehead atoms. The highest BCUT2D eigenvalue weighted by molar-refractivity contribution is 7.15. The van der Waals surface area contributed by atoms with Gasteiger partial charge in [0.2, 0.25) is 0 Å². The van der Waals surface area contributed by atoms with E-state index in [-0.39, 0.29) is 0 Å². The smallest absolute Gasteiger partial charge is 0.138 e. The van der Waals surface area contributed by atoms with E-state index < -0.39 is 5.60 Å². The number of aromatic amines is 1. The van der Waals surface area contributed by atoms with E-state index in [9.17, 15) is 5.11 Å². The summed E-state index contributed by atoms with van der Waals surface area (Å²) in [7, 11) is 0. The Morgan fingerprint density at radius 2 is 2.07 bits per heavy atom. The predicted molar refractivity (Wildman–Crippen MR) is 110 cm³/mol. The van der Waals surface area contributed by atoms with Crippen molar-refractivity contribution >= 4 is 34.0 Å². The molecule has 0 radical (unpaired) electrons. The fourth-order valence-corrected chi connectivity index (χ4v) is 4.99. The van der Waals surface area contributed by atoms with Crippen LogP contribution in [0.15, 0.2) is 42.7 Å². The van der Waals surface area contributed by atoms with Crippen molar-refractivity contribution in [1.82, 2.24) is 15.0 Å². The molecule has 7 heteroatoms. The van der Waals surface area contributed by atoms with Gasteiger partial charge in [-0.25, -0.2) is 9.97 Å². The summed E-state index contributed by atoms with van der Waals surface area (Å²) in [5.74, 6) is 0. The molecule has 0 spiro atoms. The molecule has 1 aliphatic rings. The van der Waals surface area contributed by atoms with E-state index in [0.29, 0.717) is 16.2 Å². The van der Waals surface area contributed by atoms with Gasteiger partial charge in [-0.1, -0.05) is 23.7 Å². The number of benzene rings is 1. The zero-order chi connectivity index (χ0) is 19.3. The second kappa shape index (κ2) is 6.42. The highest BCUT2D eigenvalue weighted by Crippen LogP contribution is 2.46. The summed E-state index contributed by atoms with van der Waals surface area (Å²) in [6.07, 6.45) is 5.93. The number of fused-ring (bicyclic) bond motifs is 1. The average Bonchev–Trinajstić information content (AvgIpc) is 3.33. The number of thiazole rings is 1. The number of aromatic nitrogens is 3. The number of H-pyrrole nitrogens is 1. The summed E-state index contributed by atoms with van der Waals surface area (Å²) in [4.78, 5) is 13.1. The quantitative estimate of drug-likeness (QED) is 0.486. The number of hydrogen-bond acceptors (Lipinski definition) is 5. The third-order valence-corrected chi connectivity index (χ3v) is 6.74. The summed E-state index contributed by atoms with van der Waals surface area (Å²) < 4.78 is 0. The molecule has 0 unspecified atom stereocenters. The van der Waals surface area contributed by atoms with Gasteiger partial charge in [0, 0.05) is 29.0 Å². The van der Waals surface area contributed by atoms with Gasteiger partial charge < -0.3 is 10.1 Å². The average molecular weight is 407 g/mol. The number of hydrogen-bond donors (Lipinski definition) is 2. The van der Waals surface area contributed by atoms with Crippen molar-refractivity contribution in [2.24, 2.45) is 0 Å². The number of aliphatic hydroxyl groups is 1. The second-order valence-electron chi connectivity index (χ2n) is 7.03. The maximum Gasteiger partial charge on any atom is 0.138 e. The van der Waals surface area contributed by atoms with E-state index in [1.807, 2.05) is 24.3 Å². The number of nitrogens with zero attached hydrogens (tertiary/aromatic N) is 3. The van der Waals surface area contributed by atoms with Gasteiger partial charge in [0.05, 0.1) is 21.5 Å². The van der Waals surface area contributed by atoms with Crippen molar-refractivity contribution in [3.05, 3.63) is 58.3 Å². The first-order valence-corrected chi connectivity index (χ1v) is 10.1. The van der Waals surface area contributed by atoms with Crippen LogP contribution in [-0.2, 0) is 5.60 Å². The molecule has 3 aromatic heterocycles. The minimum atomic E-state index is -0.789. The first-order valence-electron chi connectivity index (χ1n) is 8.94. The van der Waals surface area contributed by atoms with Crippen LogP contribution in [0.1, 0.15) is 29.8 Å². The molecule has 1 aliphatic carbocycles. The number of nitriles is 1. The van der Waals surface area contributed by atoms with Crippen LogP contribution >= 0.6 is 22.9 Å². The first kappa shape index (κ1) is 17.4. The zero-order valence-corrected chi connectivity index (χ0v) is 16.3. The number of halogens is 1. The molecule has 1 fully saturated rings. The maximum absolute atomic E-state index is 10.6. The Hall–Kier alpha value is -2.72. The van der Waals surface area contributed by atoms with E-state index in [4.69, 9.17) is 16.9 Å². The molecule has 5 nitrogen and oxygen atoms in total. The van der Waals surface area contributed by atoms with Crippen LogP contribution in [0.4, 0.5) is 0 Å². The van der Waals surface area contributed by atoms with Gasteiger partial charge in [0.15, 0.2) is 0 Å². The number of pyridine rings is 1. The Morgan fingerprint density at radius 1 is 1.21 bits per heavy atom. The summed E-state index contributed by atoms with van der Waals surface area (Å²) in [6.45, 7) is 0. The highest BCUT2D eigenvalue weighted by atomic mass is 35.5. The Kier molecular flexibility index (Phi) is 3.98. The van der Waals surface area contributed by atoms with Crippen LogP contribution < -0.4 is 0 Å². The molecule has 1 saturated carbocycles. The molecule has 28 heavy (non-hydrogen) atoms. The molecular formula is C21H15ClN4OS. The standard InChI is InChI=1S/C21H15ClN4OS/c22-15-10-24-19-14(8-16(26-19)13-4-1-3-12(7-13)9-23)18(15)17-11-25-20(28-17)21(27)5-2-6-21/h1,3-4,7-8,10-11,27H,2,5-6H2,(H,24,26). The van der Waals surface area contributed by atoms with Gasteiger partial charge >= 0.3 is 0 Å². The molecule has 0 saturated heterocycles. The second-order valence-corrected chi connectivity index (χ2v) is 8.47. The third-order valence-electron chi connectivity index (χ3n) is 5.25. The summed E-state index contributed by atoms with van der Waals surface area (Å²) in [6, 6.07) is 11.6. The third kappa shape index (κ3) is 2.71. The lowest BCUT2D eigenvalue weighted by Gasteiger charge is -2.34. The molecular weight excluding hydrogens is 392 g/mol. The van der Waals surface area contributed by atoms with E-state index in [1.54, 1.807) is 18.5 Å². The van der Waals surface area contributed by atoms with Crippen molar-refractivity contribution in [2.75, 3.05) is 0 Å². The van der Waals surface area contributed by atoms with Gasteiger partial charge in [-0.3, -0.25) is 0 Å². The Balaban J connectivity index is 1.64. The Labute approximate surface area is 170 Å². The SMILES string of the molecule is N#Cc1cccc(-c2cc3c(-c4cnc(C5(O)CCC5)s4)c(Cl)cnc3[nH]2)c1. The van der Waals surface area contributed by atoms with Gasteiger partial charge in [-0.15, -0.1) is 11.3 Å². The van der Waals surface area contributed by atoms with Crippen molar-refractivity contribution in [3.63, 3.8) is 0 Å². The number of nitrogens with one attached hydrogen (secondary N) is 1. The Morgan fingerprint density at radius 3 is 2.82 bits per heavy atom. The molecule has 3 heterocycles. The lowest BCUT2D eigenvalue weighted by Crippen LogP contribution is -2.33. The van der Waals surface area contributed by atoms with Gasteiger partial charge in [0.25, 0.3) is 0 Å². The van der Waals surface area contributed by atoms with E-state index in [0.717, 1.165) is 51.4 Å². The van der Waals surface area contributed by atoms with Crippen LogP contribution in [0, 0.1) is 11.3 Å². The summed E-state index contributed by atoms with van der Waals surface area (Å²) in [5, 5.41) is 21.9. The van der Waals surface area contributed by atoms with E-state index in [2.05, 4.69) is 21.0 Å². The fraction of sp³-hybridized carbons (Fsp3) is 0.190. The fourth-order valence-electron chi connectivity index (χ4n) is 3.54. The molecule has 2 N–H and O–H groups in total. The van der Waals surface area contributed by atoms with Crippen LogP contribution in [-0.4, -0.2) is 20.1 Å². The largest absolute Gasteiger partial charge is 0.383 e. The van der Waals surface area contributed by atoms with Crippen molar-refractivity contribution in [3.8, 4) is 27.8 Å². The van der Waals surface area contributed by atoms with Crippen molar-refractivity contribution in [2.45, 2.75) is 24.9 Å². The van der Waals surface area contributed by atoms with Gasteiger partial charge in [0.1, 0.15) is 16.3 Å². The maximum atomic E-state index is 10.6. The minimum Gasteiger partial charge on any atom is -0.383 e. The van der Waals surface area contributed by atoms with Crippen LogP contribution in [0.2, 0.25) is 5.02 Å². The van der Waals surface area contributed by atoms with Crippen LogP contribution in [0.3, 0.4) is 0 Å². The van der Waals surface area contributed by atoms with Crippen molar-refractivity contribution in [1.29, 1.82) is 5.26 Å².